The first-order chi connectivity index (χ1) is 10.2. The largest absolute Gasteiger partial charge is 0.324 e. The molecule has 0 N–H and O–H groups in total. The number of alkyl halides is 1. The summed E-state index contributed by atoms with van der Waals surface area (Å²) in [5.74, 6) is 0.672. The Hall–Kier alpha value is -1.09. The molecule has 1 aliphatic carbocycles. The molecule has 1 aromatic heterocycles. The van der Waals surface area contributed by atoms with Crippen molar-refractivity contribution in [2.24, 2.45) is 0 Å². The Morgan fingerprint density at radius 3 is 2.52 bits per heavy atom. The van der Waals surface area contributed by atoms with E-state index in [1.165, 1.54) is 38.2 Å². The summed E-state index contributed by atoms with van der Waals surface area (Å²) < 4.78 is 15.9. The van der Waals surface area contributed by atoms with Crippen LogP contribution in [0.25, 0.3) is 11.0 Å². The summed E-state index contributed by atoms with van der Waals surface area (Å²) in [4.78, 5) is 4.65. The quantitative estimate of drug-likeness (QED) is 0.645. The number of halogens is 2. The van der Waals surface area contributed by atoms with E-state index in [0.29, 0.717) is 6.04 Å². The molecule has 0 radical (unpaired) electrons. The number of hydrogen-bond donors (Lipinski definition) is 0. The maximum Gasteiger partial charge on any atom is 0.127 e. The van der Waals surface area contributed by atoms with Gasteiger partial charge in [0.25, 0.3) is 0 Å². The highest BCUT2D eigenvalue weighted by molar-refractivity contribution is 6.20. The van der Waals surface area contributed by atoms with Crippen LogP contribution in [0.3, 0.4) is 0 Å². The molecule has 21 heavy (non-hydrogen) atoms. The molecule has 3 rings (SSSR count). The zero-order valence-corrected chi connectivity index (χ0v) is 13.2. The highest BCUT2D eigenvalue weighted by Crippen LogP contribution is 2.34. The summed E-state index contributed by atoms with van der Waals surface area (Å²) >= 11 is 6.33. The lowest BCUT2D eigenvalue weighted by atomic mass is 9.96. The van der Waals surface area contributed by atoms with E-state index in [2.05, 4.69) is 9.55 Å². The van der Waals surface area contributed by atoms with Gasteiger partial charge in [0.1, 0.15) is 11.6 Å². The van der Waals surface area contributed by atoms with Gasteiger partial charge in [0, 0.05) is 6.04 Å². The van der Waals surface area contributed by atoms with Gasteiger partial charge >= 0.3 is 0 Å². The highest BCUT2D eigenvalue weighted by Gasteiger charge is 2.22. The number of aromatic nitrogens is 2. The number of hydrogen-bond acceptors (Lipinski definition) is 1. The van der Waals surface area contributed by atoms with Crippen molar-refractivity contribution in [3.05, 3.63) is 29.8 Å². The van der Waals surface area contributed by atoms with Crippen LogP contribution in [0, 0.1) is 5.82 Å². The first-order valence-corrected chi connectivity index (χ1v) is 8.42. The Balaban J connectivity index is 2.08. The third-order valence-corrected chi connectivity index (χ3v) is 4.67. The minimum absolute atomic E-state index is 0.161. The fourth-order valence-corrected chi connectivity index (χ4v) is 3.60. The lowest BCUT2D eigenvalue weighted by molar-refractivity contribution is 0.370. The molecule has 1 fully saturated rings. The van der Waals surface area contributed by atoms with E-state index in [0.717, 1.165) is 29.7 Å². The molecule has 1 aliphatic rings. The fraction of sp³-hybridized carbons (Fsp3) is 0.588. The van der Waals surface area contributed by atoms with E-state index >= 15 is 0 Å². The van der Waals surface area contributed by atoms with E-state index in [1.54, 1.807) is 12.1 Å². The van der Waals surface area contributed by atoms with Gasteiger partial charge in [0.2, 0.25) is 0 Å². The second-order valence-corrected chi connectivity index (χ2v) is 6.74. The highest BCUT2D eigenvalue weighted by atomic mass is 35.5. The predicted molar refractivity (Wildman–Crippen MR) is 85.3 cm³/mol. The predicted octanol–water partition coefficient (Wildman–Crippen LogP) is 5.76. The van der Waals surface area contributed by atoms with Gasteiger partial charge in [-0.1, -0.05) is 32.1 Å². The Morgan fingerprint density at radius 2 is 1.86 bits per heavy atom. The van der Waals surface area contributed by atoms with Gasteiger partial charge < -0.3 is 4.57 Å². The van der Waals surface area contributed by atoms with Crippen molar-refractivity contribution in [3.8, 4) is 0 Å². The zero-order valence-electron chi connectivity index (χ0n) is 12.5. The smallest absolute Gasteiger partial charge is 0.127 e. The fourth-order valence-electron chi connectivity index (χ4n) is 3.44. The first kappa shape index (κ1) is 14.8. The molecule has 114 valence electrons. The van der Waals surface area contributed by atoms with Gasteiger partial charge in [0.05, 0.1) is 16.4 Å². The summed E-state index contributed by atoms with van der Waals surface area (Å²) in [5.41, 5.74) is 1.74. The van der Waals surface area contributed by atoms with Gasteiger partial charge in [-0.15, -0.1) is 11.6 Å². The molecule has 1 heterocycles. The zero-order chi connectivity index (χ0) is 14.8. The maximum atomic E-state index is 13.7. The molecule has 1 atom stereocenters. The molecule has 1 unspecified atom stereocenters. The molecular weight excluding hydrogens is 287 g/mol. The summed E-state index contributed by atoms with van der Waals surface area (Å²) in [5, 5.41) is -0.161. The molecule has 2 nitrogen and oxygen atoms in total. The van der Waals surface area contributed by atoms with E-state index in [1.807, 2.05) is 6.92 Å². The van der Waals surface area contributed by atoms with Crippen molar-refractivity contribution in [2.45, 2.75) is 63.3 Å². The van der Waals surface area contributed by atoms with E-state index in [4.69, 9.17) is 11.6 Å². The normalized spacial score (nSPS) is 19.4. The molecule has 0 amide bonds. The molecule has 1 aromatic carbocycles. The van der Waals surface area contributed by atoms with Gasteiger partial charge in [0.15, 0.2) is 0 Å². The summed E-state index contributed by atoms with van der Waals surface area (Å²) in [6, 6.07) is 5.23. The van der Waals surface area contributed by atoms with E-state index in [-0.39, 0.29) is 11.2 Å². The minimum atomic E-state index is -0.205. The van der Waals surface area contributed by atoms with Crippen LogP contribution >= 0.6 is 11.6 Å². The minimum Gasteiger partial charge on any atom is -0.324 e. The van der Waals surface area contributed by atoms with Crippen LogP contribution in [0.15, 0.2) is 18.2 Å². The molecule has 1 saturated carbocycles. The van der Waals surface area contributed by atoms with Crippen molar-refractivity contribution >= 4 is 22.6 Å². The second kappa shape index (κ2) is 6.35. The molecule has 0 saturated heterocycles. The number of fused-ring (bicyclic) bond motifs is 1. The summed E-state index contributed by atoms with van der Waals surface area (Å²) in [7, 11) is 0. The van der Waals surface area contributed by atoms with Crippen LogP contribution in [0.1, 0.15) is 69.1 Å². The van der Waals surface area contributed by atoms with Crippen molar-refractivity contribution < 1.29 is 4.39 Å². The van der Waals surface area contributed by atoms with Crippen molar-refractivity contribution in [3.63, 3.8) is 0 Å². The van der Waals surface area contributed by atoms with Crippen LogP contribution in [0.2, 0.25) is 0 Å². The van der Waals surface area contributed by atoms with Crippen LogP contribution in [0.4, 0.5) is 4.39 Å². The number of imidazole rings is 1. The molecule has 4 heteroatoms. The van der Waals surface area contributed by atoms with E-state index < -0.39 is 0 Å². The van der Waals surface area contributed by atoms with Crippen LogP contribution in [-0.4, -0.2) is 9.55 Å². The molecular formula is C17H22ClFN2. The third-order valence-electron chi connectivity index (χ3n) is 4.47. The van der Waals surface area contributed by atoms with Crippen LogP contribution in [-0.2, 0) is 0 Å². The Kier molecular flexibility index (Phi) is 4.48. The Morgan fingerprint density at radius 1 is 1.19 bits per heavy atom. The molecule has 2 aromatic rings. The Labute approximate surface area is 130 Å². The Bertz CT molecular complexity index is 613. The van der Waals surface area contributed by atoms with E-state index in [9.17, 15) is 4.39 Å². The average molecular weight is 309 g/mol. The third kappa shape index (κ3) is 3.08. The average Bonchev–Trinajstić information content (AvgIpc) is 2.77. The molecule has 0 spiro atoms. The lowest BCUT2D eigenvalue weighted by Gasteiger charge is -2.24. The monoisotopic (exact) mass is 308 g/mol. The van der Waals surface area contributed by atoms with Gasteiger partial charge in [-0.05, 0) is 38.0 Å². The number of rotatable bonds is 2. The molecule has 0 bridgehead atoms. The molecule has 0 aliphatic heterocycles. The van der Waals surface area contributed by atoms with Crippen LogP contribution in [0.5, 0.6) is 0 Å². The van der Waals surface area contributed by atoms with Crippen molar-refractivity contribution in [1.82, 2.24) is 9.55 Å². The van der Waals surface area contributed by atoms with Gasteiger partial charge in [-0.2, -0.15) is 0 Å². The summed E-state index contributed by atoms with van der Waals surface area (Å²) in [6.07, 6.45) is 8.67. The standard InChI is InChI=1S/C17H22ClFN2/c1-12(18)17-20-15-10-9-13(19)11-16(15)21(17)14-7-5-3-2-4-6-8-14/h9-12,14H,2-8H2,1H3. The lowest BCUT2D eigenvalue weighted by Crippen LogP contribution is -2.14. The first-order valence-electron chi connectivity index (χ1n) is 7.98. The second-order valence-electron chi connectivity index (χ2n) is 6.09. The number of benzene rings is 1. The van der Waals surface area contributed by atoms with Crippen LogP contribution < -0.4 is 0 Å². The topological polar surface area (TPSA) is 17.8 Å². The number of nitrogens with zero attached hydrogens (tertiary/aromatic N) is 2. The van der Waals surface area contributed by atoms with Crippen molar-refractivity contribution in [2.75, 3.05) is 0 Å². The summed E-state index contributed by atoms with van der Waals surface area (Å²) in [6.45, 7) is 1.94. The van der Waals surface area contributed by atoms with Gasteiger partial charge in [-0.3, -0.25) is 0 Å². The SMILES string of the molecule is CC(Cl)c1nc2ccc(F)cc2n1C1CCCCCCC1. The maximum absolute atomic E-state index is 13.7. The van der Waals surface area contributed by atoms with Crippen molar-refractivity contribution in [1.29, 1.82) is 0 Å². The van der Waals surface area contributed by atoms with Gasteiger partial charge in [-0.25, -0.2) is 9.37 Å².